The summed E-state index contributed by atoms with van der Waals surface area (Å²) in [6, 6.07) is 13.8. The maximum absolute atomic E-state index is 13.1. The summed E-state index contributed by atoms with van der Waals surface area (Å²) in [5.41, 5.74) is 7.62. The third-order valence-corrected chi connectivity index (χ3v) is 6.15. The molecule has 1 heterocycles. The Bertz CT molecular complexity index is 973. The Morgan fingerprint density at radius 2 is 1.65 bits per heavy atom. The second-order valence-corrected chi connectivity index (χ2v) is 9.12. The van der Waals surface area contributed by atoms with Gasteiger partial charge in [-0.1, -0.05) is 44.2 Å². The fourth-order valence-electron chi connectivity index (χ4n) is 4.11. The third kappa shape index (κ3) is 6.87. The highest BCUT2D eigenvalue weighted by Crippen LogP contribution is 2.20. The van der Waals surface area contributed by atoms with E-state index in [1.54, 1.807) is 4.90 Å². The van der Waals surface area contributed by atoms with Crippen molar-refractivity contribution in [3.63, 3.8) is 0 Å². The highest BCUT2D eigenvalue weighted by atomic mass is 19.1. The standard InChI is InChI=1S/C26H33FN4O3/c1-17(2)23(25(33)29-21-10-8-20(27)9-11-21)30-24(32)19-12-14-31(15-13-19)26(34)22(28)16-18-6-4-3-5-7-18/h3-11,17,19,22-23H,12-16,28H2,1-2H3,(H,29,33)(H,30,32)/t22-,23-/m0/s1. The van der Waals surface area contributed by atoms with Crippen molar-refractivity contribution in [1.29, 1.82) is 0 Å². The summed E-state index contributed by atoms with van der Waals surface area (Å²) in [4.78, 5) is 40.1. The van der Waals surface area contributed by atoms with Crippen LogP contribution in [-0.2, 0) is 20.8 Å². The number of nitrogens with one attached hydrogen (secondary N) is 2. The van der Waals surface area contributed by atoms with Crippen LogP contribution in [0.1, 0.15) is 32.3 Å². The molecule has 1 aliphatic rings. The van der Waals surface area contributed by atoms with Crippen LogP contribution in [0.3, 0.4) is 0 Å². The number of amides is 3. The molecule has 182 valence electrons. The van der Waals surface area contributed by atoms with E-state index in [9.17, 15) is 18.8 Å². The number of benzene rings is 2. The summed E-state index contributed by atoms with van der Waals surface area (Å²) in [6.07, 6.45) is 1.50. The van der Waals surface area contributed by atoms with Gasteiger partial charge in [-0.3, -0.25) is 14.4 Å². The number of hydrogen-bond acceptors (Lipinski definition) is 4. The number of carbonyl (C=O) groups is 3. The number of piperidine rings is 1. The first kappa shape index (κ1) is 25.4. The van der Waals surface area contributed by atoms with Gasteiger partial charge in [-0.2, -0.15) is 0 Å². The molecule has 2 atom stereocenters. The van der Waals surface area contributed by atoms with Crippen LogP contribution < -0.4 is 16.4 Å². The molecule has 0 bridgehead atoms. The van der Waals surface area contributed by atoms with Gasteiger partial charge in [0, 0.05) is 24.7 Å². The van der Waals surface area contributed by atoms with Crippen LogP contribution in [0.4, 0.5) is 10.1 Å². The molecule has 0 unspecified atom stereocenters. The highest BCUT2D eigenvalue weighted by molar-refractivity contribution is 5.97. The Labute approximate surface area is 199 Å². The fourth-order valence-corrected chi connectivity index (χ4v) is 4.11. The van der Waals surface area contributed by atoms with E-state index in [1.165, 1.54) is 24.3 Å². The van der Waals surface area contributed by atoms with Crippen LogP contribution in [0.15, 0.2) is 54.6 Å². The van der Waals surface area contributed by atoms with Gasteiger partial charge in [0.15, 0.2) is 0 Å². The van der Waals surface area contributed by atoms with Crippen LogP contribution in [0.5, 0.6) is 0 Å². The molecule has 0 aliphatic carbocycles. The lowest BCUT2D eigenvalue weighted by atomic mass is 9.93. The Morgan fingerprint density at radius 3 is 2.24 bits per heavy atom. The monoisotopic (exact) mass is 468 g/mol. The van der Waals surface area contributed by atoms with Crippen molar-refractivity contribution in [2.24, 2.45) is 17.6 Å². The molecule has 2 aromatic carbocycles. The molecule has 1 saturated heterocycles. The van der Waals surface area contributed by atoms with Crippen molar-refractivity contribution < 1.29 is 18.8 Å². The van der Waals surface area contributed by atoms with Gasteiger partial charge < -0.3 is 21.3 Å². The maximum Gasteiger partial charge on any atom is 0.247 e. The molecule has 2 aromatic rings. The second-order valence-electron chi connectivity index (χ2n) is 9.12. The molecule has 8 heteroatoms. The first-order valence-electron chi connectivity index (χ1n) is 11.7. The number of hydrogen-bond donors (Lipinski definition) is 3. The molecule has 0 saturated carbocycles. The van der Waals surface area contributed by atoms with Crippen molar-refractivity contribution in [3.05, 3.63) is 66.0 Å². The van der Waals surface area contributed by atoms with Gasteiger partial charge in [0.1, 0.15) is 11.9 Å². The molecule has 3 rings (SSSR count). The number of likely N-dealkylation sites (tertiary alicyclic amines) is 1. The van der Waals surface area contributed by atoms with Gasteiger partial charge in [0.25, 0.3) is 0 Å². The van der Waals surface area contributed by atoms with Crippen molar-refractivity contribution >= 4 is 23.4 Å². The third-order valence-electron chi connectivity index (χ3n) is 6.15. The predicted octanol–water partition coefficient (Wildman–Crippen LogP) is 2.71. The summed E-state index contributed by atoms with van der Waals surface area (Å²) in [6.45, 7) is 4.61. The van der Waals surface area contributed by atoms with E-state index in [2.05, 4.69) is 10.6 Å². The Kier molecular flexibility index (Phi) is 8.76. The zero-order valence-corrected chi connectivity index (χ0v) is 19.7. The summed E-state index contributed by atoms with van der Waals surface area (Å²) in [5, 5.41) is 5.59. The number of nitrogens with zero attached hydrogens (tertiary/aromatic N) is 1. The van der Waals surface area contributed by atoms with E-state index in [0.717, 1.165) is 5.56 Å². The molecule has 0 radical (unpaired) electrons. The van der Waals surface area contributed by atoms with Gasteiger partial charge in [-0.15, -0.1) is 0 Å². The lowest BCUT2D eigenvalue weighted by molar-refractivity contribution is -0.137. The number of halogens is 1. The number of rotatable bonds is 8. The Hall–Kier alpha value is -3.26. The van der Waals surface area contributed by atoms with E-state index in [1.807, 2.05) is 44.2 Å². The number of carbonyl (C=O) groups excluding carboxylic acids is 3. The van der Waals surface area contributed by atoms with Crippen molar-refractivity contribution in [3.8, 4) is 0 Å². The normalized spacial score (nSPS) is 16.1. The second kappa shape index (κ2) is 11.7. The molecular formula is C26H33FN4O3. The zero-order valence-electron chi connectivity index (χ0n) is 19.7. The molecule has 1 aliphatic heterocycles. The molecular weight excluding hydrogens is 435 g/mol. The van der Waals surface area contributed by atoms with E-state index in [-0.39, 0.29) is 29.6 Å². The fraction of sp³-hybridized carbons (Fsp3) is 0.423. The van der Waals surface area contributed by atoms with Crippen LogP contribution in [0, 0.1) is 17.7 Å². The maximum atomic E-state index is 13.1. The average molecular weight is 469 g/mol. The molecule has 34 heavy (non-hydrogen) atoms. The van der Waals surface area contributed by atoms with Crippen LogP contribution in [0.2, 0.25) is 0 Å². The highest BCUT2D eigenvalue weighted by Gasteiger charge is 2.32. The minimum atomic E-state index is -0.725. The van der Waals surface area contributed by atoms with Gasteiger partial charge in [0.2, 0.25) is 17.7 Å². The average Bonchev–Trinajstić information content (AvgIpc) is 2.83. The molecule has 0 spiro atoms. The summed E-state index contributed by atoms with van der Waals surface area (Å²) >= 11 is 0. The minimum Gasteiger partial charge on any atom is -0.344 e. The minimum absolute atomic E-state index is 0.110. The van der Waals surface area contributed by atoms with Crippen LogP contribution >= 0.6 is 0 Å². The van der Waals surface area contributed by atoms with E-state index >= 15 is 0 Å². The Morgan fingerprint density at radius 1 is 1.03 bits per heavy atom. The van der Waals surface area contributed by atoms with Crippen LogP contribution in [0.25, 0.3) is 0 Å². The van der Waals surface area contributed by atoms with Gasteiger partial charge in [-0.25, -0.2) is 4.39 Å². The summed E-state index contributed by atoms with van der Waals surface area (Å²) in [5.74, 6) is -1.47. The SMILES string of the molecule is CC(C)[C@H](NC(=O)C1CCN(C(=O)[C@@H](N)Cc2ccccc2)CC1)C(=O)Nc1ccc(F)cc1. The predicted molar refractivity (Wildman–Crippen MR) is 129 cm³/mol. The summed E-state index contributed by atoms with van der Waals surface area (Å²) < 4.78 is 13.1. The van der Waals surface area contributed by atoms with Crippen LogP contribution in [-0.4, -0.2) is 47.8 Å². The quantitative estimate of drug-likeness (QED) is 0.554. The number of nitrogens with two attached hydrogens (primary N) is 1. The molecule has 4 N–H and O–H groups in total. The molecule has 0 aromatic heterocycles. The molecule has 3 amide bonds. The lowest BCUT2D eigenvalue weighted by Crippen LogP contribution is -2.52. The van der Waals surface area contributed by atoms with Crippen molar-refractivity contribution in [2.75, 3.05) is 18.4 Å². The summed E-state index contributed by atoms with van der Waals surface area (Å²) in [7, 11) is 0. The van der Waals surface area contributed by atoms with Crippen molar-refractivity contribution in [1.82, 2.24) is 10.2 Å². The van der Waals surface area contributed by atoms with E-state index in [4.69, 9.17) is 5.73 Å². The smallest absolute Gasteiger partial charge is 0.247 e. The lowest BCUT2D eigenvalue weighted by Gasteiger charge is -2.34. The van der Waals surface area contributed by atoms with E-state index < -0.39 is 17.9 Å². The first-order chi connectivity index (χ1) is 16.2. The Balaban J connectivity index is 1.50. The first-order valence-corrected chi connectivity index (χ1v) is 11.7. The zero-order chi connectivity index (χ0) is 24.7. The largest absolute Gasteiger partial charge is 0.344 e. The van der Waals surface area contributed by atoms with Gasteiger partial charge in [0.05, 0.1) is 6.04 Å². The van der Waals surface area contributed by atoms with Gasteiger partial charge >= 0.3 is 0 Å². The van der Waals surface area contributed by atoms with Gasteiger partial charge in [-0.05, 0) is 55.0 Å². The molecule has 1 fully saturated rings. The number of anilines is 1. The topological polar surface area (TPSA) is 105 Å². The molecule has 7 nitrogen and oxygen atoms in total. The van der Waals surface area contributed by atoms with Crippen molar-refractivity contribution in [2.45, 2.75) is 45.2 Å². The van der Waals surface area contributed by atoms with E-state index in [0.29, 0.717) is 38.0 Å².